The number of thiazole rings is 1. The summed E-state index contributed by atoms with van der Waals surface area (Å²) in [4.78, 5) is 25.7. The summed E-state index contributed by atoms with van der Waals surface area (Å²) < 4.78 is 0.539. The molecule has 2 aromatic carbocycles. The van der Waals surface area contributed by atoms with Gasteiger partial charge in [-0.15, -0.1) is 24.0 Å². The van der Waals surface area contributed by atoms with E-state index >= 15 is 0 Å². The van der Waals surface area contributed by atoms with E-state index in [1.807, 2.05) is 0 Å². The minimum Gasteiger partial charge on any atom is -0.258 e. The molecule has 24 heavy (non-hydrogen) atoms. The van der Waals surface area contributed by atoms with Crippen LogP contribution in [0.4, 0.5) is 11.4 Å². The van der Waals surface area contributed by atoms with E-state index in [9.17, 15) is 20.2 Å². The number of nitrogens with zero attached hydrogens (tertiary/aromatic N) is 3. The molecule has 0 unspecified atom stereocenters. The molecule has 1 heterocycles. The van der Waals surface area contributed by atoms with Gasteiger partial charge in [-0.25, -0.2) is 4.98 Å². The van der Waals surface area contributed by atoms with Crippen molar-refractivity contribution >= 4 is 35.3 Å². The predicted octanol–water partition coefficient (Wildman–Crippen LogP) is 4.58. The third-order valence-corrected chi connectivity index (χ3v) is 4.59. The number of rotatable bonds is 4. The van der Waals surface area contributed by atoms with Gasteiger partial charge in [-0.2, -0.15) is 0 Å². The molecule has 0 aliphatic heterocycles. The van der Waals surface area contributed by atoms with E-state index in [4.69, 9.17) is 0 Å². The molecule has 0 atom stereocenters. The van der Waals surface area contributed by atoms with Crippen LogP contribution in [0.3, 0.4) is 0 Å². The average molecular weight is 359 g/mol. The molecule has 9 heteroatoms. The van der Waals surface area contributed by atoms with Crippen molar-refractivity contribution < 1.29 is 9.85 Å². The first-order valence-electron chi connectivity index (χ1n) is 6.65. The van der Waals surface area contributed by atoms with Gasteiger partial charge in [-0.05, 0) is 29.8 Å². The normalized spacial score (nSPS) is 10.5. The minimum absolute atomic E-state index is 0.00281. The fourth-order valence-corrected chi connectivity index (χ4v) is 3.38. The fraction of sp³-hybridized carbons (Fsp3) is 0. The summed E-state index contributed by atoms with van der Waals surface area (Å²) in [6, 6.07) is 12.2. The lowest BCUT2D eigenvalue weighted by Gasteiger charge is -2.03. The van der Waals surface area contributed by atoms with Crippen LogP contribution in [0, 0.1) is 20.2 Å². The van der Waals surface area contributed by atoms with Crippen LogP contribution in [0.25, 0.3) is 21.7 Å². The Morgan fingerprint density at radius 2 is 1.29 bits per heavy atom. The Bertz CT molecular complexity index is 846. The highest BCUT2D eigenvalue weighted by Crippen LogP contribution is 2.38. The van der Waals surface area contributed by atoms with Crippen LogP contribution in [-0.2, 0) is 0 Å². The van der Waals surface area contributed by atoms with Gasteiger partial charge in [0.15, 0.2) is 0 Å². The van der Waals surface area contributed by atoms with Crippen molar-refractivity contribution in [3.05, 3.63) is 68.8 Å². The molecule has 1 aromatic heterocycles. The van der Waals surface area contributed by atoms with Gasteiger partial charge in [-0.3, -0.25) is 20.2 Å². The second-order valence-corrected chi connectivity index (χ2v) is 6.51. The number of non-ortho nitro benzene ring substituents is 2. The molecule has 120 valence electrons. The second kappa shape index (κ2) is 6.38. The number of nitro groups is 2. The monoisotopic (exact) mass is 359 g/mol. The summed E-state index contributed by atoms with van der Waals surface area (Å²) >= 11 is 5.61. The summed E-state index contributed by atoms with van der Waals surface area (Å²) in [5, 5.41) is 21.5. The number of aromatic nitrogens is 1. The zero-order valence-electron chi connectivity index (χ0n) is 11.9. The highest BCUT2D eigenvalue weighted by molar-refractivity contribution is 7.82. The van der Waals surface area contributed by atoms with Crippen molar-refractivity contribution in [3.8, 4) is 21.7 Å². The van der Waals surface area contributed by atoms with Crippen molar-refractivity contribution in [1.29, 1.82) is 0 Å². The van der Waals surface area contributed by atoms with E-state index in [2.05, 4.69) is 17.6 Å². The summed E-state index contributed by atoms with van der Waals surface area (Å²) in [5.74, 6) is 0. The Morgan fingerprint density at radius 3 is 1.75 bits per heavy atom. The van der Waals surface area contributed by atoms with Crippen molar-refractivity contribution in [2.45, 2.75) is 4.34 Å². The van der Waals surface area contributed by atoms with Gasteiger partial charge in [0.25, 0.3) is 11.4 Å². The smallest absolute Gasteiger partial charge is 0.258 e. The summed E-state index contributed by atoms with van der Waals surface area (Å²) in [7, 11) is 0. The third kappa shape index (κ3) is 3.12. The quantitative estimate of drug-likeness (QED) is 0.417. The van der Waals surface area contributed by atoms with Gasteiger partial charge < -0.3 is 0 Å². The summed E-state index contributed by atoms with van der Waals surface area (Å²) in [5.41, 5.74) is 2.12. The third-order valence-electron chi connectivity index (χ3n) is 3.31. The van der Waals surface area contributed by atoms with Gasteiger partial charge in [-0.1, -0.05) is 0 Å². The highest BCUT2D eigenvalue weighted by atomic mass is 32.2. The topological polar surface area (TPSA) is 99.2 Å². The van der Waals surface area contributed by atoms with Gasteiger partial charge in [0.05, 0.1) is 20.4 Å². The average Bonchev–Trinajstić information content (AvgIpc) is 2.97. The zero-order valence-corrected chi connectivity index (χ0v) is 13.7. The zero-order chi connectivity index (χ0) is 17.3. The maximum absolute atomic E-state index is 10.8. The first kappa shape index (κ1) is 16.1. The van der Waals surface area contributed by atoms with Crippen LogP contribution in [-0.4, -0.2) is 14.8 Å². The van der Waals surface area contributed by atoms with Gasteiger partial charge in [0.1, 0.15) is 4.34 Å². The van der Waals surface area contributed by atoms with Crippen molar-refractivity contribution in [2.75, 3.05) is 0 Å². The van der Waals surface area contributed by atoms with Gasteiger partial charge in [0.2, 0.25) is 0 Å². The first-order chi connectivity index (χ1) is 11.5. The molecule has 3 rings (SSSR count). The Hall–Kier alpha value is -2.78. The van der Waals surface area contributed by atoms with E-state index < -0.39 is 9.85 Å². The first-order valence-corrected chi connectivity index (χ1v) is 7.91. The van der Waals surface area contributed by atoms with Crippen LogP contribution >= 0.6 is 24.0 Å². The Labute approximate surface area is 145 Å². The van der Waals surface area contributed by atoms with Crippen LogP contribution in [0.5, 0.6) is 0 Å². The van der Waals surface area contributed by atoms with E-state index in [1.54, 1.807) is 24.3 Å². The van der Waals surface area contributed by atoms with Crippen LogP contribution in [0.15, 0.2) is 52.9 Å². The number of hydrogen-bond acceptors (Lipinski definition) is 7. The molecule has 0 saturated carbocycles. The second-order valence-electron chi connectivity index (χ2n) is 4.78. The number of hydrogen-bond donors (Lipinski definition) is 1. The maximum atomic E-state index is 10.8. The molecule has 0 aliphatic rings. The lowest BCUT2D eigenvalue weighted by Crippen LogP contribution is -1.89. The molecular weight excluding hydrogens is 350 g/mol. The molecule has 0 saturated heterocycles. The van der Waals surface area contributed by atoms with E-state index in [0.29, 0.717) is 15.6 Å². The number of thiol groups is 1. The van der Waals surface area contributed by atoms with Crippen LogP contribution in [0.2, 0.25) is 0 Å². The minimum atomic E-state index is -0.466. The molecular formula is C15H9N3O4S2. The largest absolute Gasteiger partial charge is 0.269 e. The highest BCUT2D eigenvalue weighted by Gasteiger charge is 2.16. The van der Waals surface area contributed by atoms with Gasteiger partial charge >= 0.3 is 0 Å². The SMILES string of the molecule is O=[N+]([O-])c1ccc(-c2nc(S)sc2-c2ccc([N+](=O)[O-])cc2)cc1. The summed E-state index contributed by atoms with van der Waals surface area (Å²) in [6.07, 6.45) is 0. The lowest BCUT2D eigenvalue weighted by molar-refractivity contribution is -0.385. The molecule has 0 spiro atoms. The molecule has 0 bridgehead atoms. The molecule has 0 fully saturated rings. The van der Waals surface area contributed by atoms with Gasteiger partial charge in [0, 0.05) is 29.8 Å². The fourth-order valence-electron chi connectivity index (χ4n) is 2.18. The van der Waals surface area contributed by atoms with E-state index in [-0.39, 0.29) is 11.4 Å². The lowest BCUT2D eigenvalue weighted by atomic mass is 10.1. The van der Waals surface area contributed by atoms with E-state index in [0.717, 1.165) is 10.4 Å². The Kier molecular flexibility index (Phi) is 4.28. The van der Waals surface area contributed by atoms with Crippen LogP contribution < -0.4 is 0 Å². The molecule has 7 nitrogen and oxygen atoms in total. The van der Waals surface area contributed by atoms with Crippen LogP contribution in [0.1, 0.15) is 0 Å². The van der Waals surface area contributed by atoms with E-state index in [1.165, 1.54) is 35.6 Å². The summed E-state index contributed by atoms with van der Waals surface area (Å²) in [6.45, 7) is 0. The van der Waals surface area contributed by atoms with Crippen molar-refractivity contribution in [3.63, 3.8) is 0 Å². The maximum Gasteiger partial charge on any atom is 0.269 e. The molecule has 0 amide bonds. The molecule has 3 aromatic rings. The van der Waals surface area contributed by atoms with Crippen molar-refractivity contribution in [1.82, 2.24) is 4.98 Å². The standard InChI is InChI=1S/C15H9N3O4S2/c19-17(20)11-5-1-9(2-6-11)13-14(24-15(23)16-13)10-3-7-12(8-4-10)18(21)22/h1-8H,(H,16,23). The Balaban J connectivity index is 2.04. The van der Waals surface area contributed by atoms with Crippen molar-refractivity contribution in [2.24, 2.45) is 0 Å². The number of nitro benzene ring substituents is 2. The molecule has 0 radical (unpaired) electrons. The Morgan fingerprint density at radius 1 is 0.833 bits per heavy atom. The molecule has 0 N–H and O–H groups in total. The molecule has 0 aliphatic carbocycles. The predicted molar refractivity (Wildman–Crippen MR) is 93.5 cm³/mol. The number of benzene rings is 2.